The van der Waals surface area contributed by atoms with Gasteiger partial charge in [-0.25, -0.2) is 0 Å². The molecule has 0 radical (unpaired) electrons. The third-order valence-corrected chi connectivity index (χ3v) is 4.10. The average Bonchev–Trinajstić information content (AvgIpc) is 2.46. The molecule has 20 heavy (non-hydrogen) atoms. The van der Waals surface area contributed by atoms with Crippen LogP contribution in [0.5, 0.6) is 0 Å². The third-order valence-electron chi connectivity index (χ3n) is 3.41. The molecule has 1 heterocycles. The topological polar surface area (TPSA) is 62.6 Å². The van der Waals surface area contributed by atoms with Crippen molar-refractivity contribution in [2.75, 3.05) is 19.6 Å². The fourth-order valence-corrected chi connectivity index (χ4v) is 2.80. The summed E-state index contributed by atoms with van der Waals surface area (Å²) >= 11 is 3.31. The molecule has 6 heteroatoms. The summed E-state index contributed by atoms with van der Waals surface area (Å²) in [5.41, 5.74) is 5.42. The van der Waals surface area contributed by atoms with E-state index in [4.69, 9.17) is 0 Å². The van der Waals surface area contributed by atoms with E-state index in [-0.39, 0.29) is 11.8 Å². The van der Waals surface area contributed by atoms with Crippen molar-refractivity contribution in [2.45, 2.75) is 19.3 Å². The Kier molecular flexibility index (Phi) is 5.55. The second-order valence-electron chi connectivity index (χ2n) is 4.97. The van der Waals surface area contributed by atoms with E-state index in [2.05, 4.69) is 26.8 Å². The zero-order valence-electron chi connectivity index (χ0n) is 11.2. The summed E-state index contributed by atoms with van der Waals surface area (Å²) in [6, 6.07) is 7.09. The van der Waals surface area contributed by atoms with Crippen LogP contribution in [0.4, 0.5) is 0 Å². The molecule has 1 aromatic rings. The molecule has 108 valence electrons. The van der Waals surface area contributed by atoms with Crippen molar-refractivity contribution in [1.29, 1.82) is 0 Å². The van der Waals surface area contributed by atoms with Crippen LogP contribution in [0.2, 0.25) is 0 Å². The van der Waals surface area contributed by atoms with E-state index in [9.17, 15) is 9.59 Å². The zero-order valence-corrected chi connectivity index (χ0v) is 12.8. The van der Waals surface area contributed by atoms with Gasteiger partial charge in [-0.05, 0) is 47.3 Å². The number of rotatable bonds is 3. The normalized spacial score (nSPS) is 15.7. The number of benzene rings is 1. The number of carbonyl (C=O) groups excluding carboxylic acids is 2. The molecule has 1 saturated heterocycles. The van der Waals surface area contributed by atoms with Crippen LogP contribution < -0.4 is 15.8 Å². The number of carbonyl (C=O) groups is 2. The van der Waals surface area contributed by atoms with Crippen LogP contribution in [0, 0.1) is 0 Å². The largest absolute Gasteiger partial charge is 0.327 e. The summed E-state index contributed by atoms with van der Waals surface area (Å²) < 4.78 is 0.702. The predicted octanol–water partition coefficient (Wildman–Crippen LogP) is 0.279. The van der Waals surface area contributed by atoms with Gasteiger partial charge in [-0.15, -0.1) is 0 Å². The van der Waals surface area contributed by atoms with Gasteiger partial charge in [0, 0.05) is 4.47 Å². The number of hydrogen-bond acceptors (Lipinski definition) is 2. The Morgan fingerprint density at radius 3 is 2.50 bits per heavy atom. The van der Waals surface area contributed by atoms with Crippen LogP contribution in [0.1, 0.15) is 29.6 Å². The van der Waals surface area contributed by atoms with Gasteiger partial charge in [0.05, 0.1) is 18.7 Å². The van der Waals surface area contributed by atoms with Gasteiger partial charge in [0.2, 0.25) is 0 Å². The van der Waals surface area contributed by atoms with Crippen LogP contribution in [-0.2, 0) is 4.79 Å². The van der Waals surface area contributed by atoms with Crippen molar-refractivity contribution >= 4 is 27.7 Å². The van der Waals surface area contributed by atoms with Crippen molar-refractivity contribution in [3.05, 3.63) is 34.3 Å². The molecule has 0 spiro atoms. The van der Waals surface area contributed by atoms with Gasteiger partial charge in [0.1, 0.15) is 0 Å². The minimum absolute atomic E-state index is 0.151. The van der Waals surface area contributed by atoms with Gasteiger partial charge in [0.25, 0.3) is 11.8 Å². The lowest BCUT2D eigenvalue weighted by Gasteiger charge is -2.22. The summed E-state index contributed by atoms with van der Waals surface area (Å²) in [5.74, 6) is -0.471. The molecule has 0 saturated carbocycles. The first-order valence-corrected chi connectivity index (χ1v) is 7.63. The Balaban J connectivity index is 1.78. The Morgan fingerprint density at radius 1 is 1.10 bits per heavy atom. The number of amides is 2. The van der Waals surface area contributed by atoms with Gasteiger partial charge >= 0.3 is 0 Å². The van der Waals surface area contributed by atoms with Crippen molar-refractivity contribution in [3.8, 4) is 0 Å². The second-order valence-corrected chi connectivity index (χ2v) is 5.82. The van der Waals surface area contributed by atoms with Gasteiger partial charge < -0.3 is 4.90 Å². The fraction of sp³-hybridized carbons (Fsp3) is 0.429. The highest BCUT2D eigenvalue weighted by atomic mass is 79.9. The highest BCUT2D eigenvalue weighted by Crippen LogP contribution is 2.14. The number of likely N-dealkylation sites (tertiary alicyclic amines) is 1. The lowest BCUT2D eigenvalue weighted by molar-refractivity contribution is -0.896. The Morgan fingerprint density at radius 2 is 1.80 bits per heavy atom. The maximum Gasteiger partial charge on any atom is 0.293 e. The van der Waals surface area contributed by atoms with Gasteiger partial charge in [0.15, 0.2) is 6.54 Å². The number of piperidine rings is 1. The van der Waals surface area contributed by atoms with Crippen LogP contribution in [0.3, 0.4) is 0 Å². The quantitative estimate of drug-likeness (QED) is 0.692. The van der Waals surface area contributed by atoms with E-state index in [1.807, 2.05) is 6.07 Å². The maximum absolute atomic E-state index is 11.9. The van der Waals surface area contributed by atoms with E-state index >= 15 is 0 Å². The molecule has 0 aliphatic carbocycles. The zero-order chi connectivity index (χ0) is 14.4. The van der Waals surface area contributed by atoms with Crippen LogP contribution in [0.25, 0.3) is 0 Å². The summed E-state index contributed by atoms with van der Waals surface area (Å²) in [6.07, 6.45) is 3.60. The van der Waals surface area contributed by atoms with Crippen molar-refractivity contribution < 1.29 is 14.5 Å². The summed E-state index contributed by atoms with van der Waals surface area (Å²) in [4.78, 5) is 25.0. The molecule has 1 aliphatic rings. The molecule has 0 unspecified atom stereocenters. The summed E-state index contributed by atoms with van der Waals surface area (Å²) in [6.45, 7) is 2.48. The molecule has 0 bridgehead atoms. The minimum Gasteiger partial charge on any atom is -0.327 e. The van der Waals surface area contributed by atoms with E-state index in [1.165, 1.54) is 24.2 Å². The van der Waals surface area contributed by atoms with E-state index in [0.29, 0.717) is 16.6 Å². The molecule has 1 aromatic carbocycles. The molecule has 5 nitrogen and oxygen atoms in total. The first-order valence-electron chi connectivity index (χ1n) is 6.84. The molecule has 1 fully saturated rings. The van der Waals surface area contributed by atoms with Crippen LogP contribution in [0.15, 0.2) is 28.7 Å². The number of nitrogens with one attached hydrogen (secondary N) is 3. The second kappa shape index (κ2) is 7.40. The molecule has 3 N–H and O–H groups in total. The highest BCUT2D eigenvalue weighted by molar-refractivity contribution is 9.10. The molecular formula is C14H19BrN3O2+. The maximum atomic E-state index is 11.9. The van der Waals surface area contributed by atoms with Gasteiger partial charge in [-0.1, -0.05) is 12.1 Å². The Bertz CT molecular complexity index is 487. The monoisotopic (exact) mass is 340 g/mol. The van der Waals surface area contributed by atoms with Crippen LogP contribution in [-0.4, -0.2) is 31.4 Å². The van der Waals surface area contributed by atoms with E-state index in [0.717, 1.165) is 13.1 Å². The molecule has 0 aromatic heterocycles. The predicted molar refractivity (Wildman–Crippen MR) is 79.2 cm³/mol. The van der Waals surface area contributed by atoms with E-state index < -0.39 is 0 Å². The van der Waals surface area contributed by atoms with Gasteiger partial charge in [-0.3, -0.25) is 20.4 Å². The minimum atomic E-state index is -0.320. The first kappa shape index (κ1) is 15.0. The van der Waals surface area contributed by atoms with Crippen molar-refractivity contribution in [3.63, 3.8) is 0 Å². The number of hydrogen-bond donors (Lipinski definition) is 3. The summed E-state index contributed by atoms with van der Waals surface area (Å²) in [5, 5.41) is 0. The average molecular weight is 341 g/mol. The lowest BCUT2D eigenvalue weighted by atomic mass is 10.1. The highest BCUT2D eigenvalue weighted by Gasteiger charge is 2.18. The molecule has 0 atom stereocenters. The standard InChI is InChI=1S/C14H18BrN3O2/c15-12-7-3-2-6-11(12)14(20)17-16-13(19)10-18-8-4-1-5-9-18/h2-3,6-7H,1,4-5,8-10H2,(H,16,19)(H,17,20)/p+1. The fourth-order valence-electron chi connectivity index (χ4n) is 2.34. The smallest absolute Gasteiger partial charge is 0.293 e. The summed E-state index contributed by atoms with van der Waals surface area (Å²) in [7, 11) is 0. The Labute approximate surface area is 126 Å². The Hall–Kier alpha value is -1.40. The molecule has 1 aliphatic heterocycles. The first-order chi connectivity index (χ1) is 9.66. The number of quaternary nitrogens is 1. The van der Waals surface area contributed by atoms with Crippen LogP contribution >= 0.6 is 15.9 Å². The number of hydrazine groups is 1. The van der Waals surface area contributed by atoms with Crippen molar-refractivity contribution in [2.24, 2.45) is 0 Å². The SMILES string of the molecule is O=C(C[NH+]1CCCCC1)NNC(=O)c1ccccc1Br. The third kappa shape index (κ3) is 4.31. The molecule has 2 rings (SSSR count). The number of halogens is 1. The molecular weight excluding hydrogens is 322 g/mol. The van der Waals surface area contributed by atoms with E-state index in [1.54, 1.807) is 18.2 Å². The van der Waals surface area contributed by atoms with Crippen molar-refractivity contribution in [1.82, 2.24) is 10.9 Å². The molecule has 2 amide bonds. The van der Waals surface area contributed by atoms with Gasteiger partial charge in [-0.2, -0.15) is 0 Å². The lowest BCUT2D eigenvalue weighted by Crippen LogP contribution is -3.14.